The Bertz CT molecular complexity index is 1260. The summed E-state index contributed by atoms with van der Waals surface area (Å²) in [5.41, 5.74) is 3.81. The third-order valence-electron chi connectivity index (χ3n) is 5.41. The topological polar surface area (TPSA) is 103 Å². The van der Waals surface area contributed by atoms with Crippen LogP contribution in [0.1, 0.15) is 35.1 Å². The van der Waals surface area contributed by atoms with Gasteiger partial charge in [-0.15, -0.1) is 5.10 Å². The Hall–Kier alpha value is -3.66. The summed E-state index contributed by atoms with van der Waals surface area (Å²) in [6.07, 6.45) is 3.70. The molecule has 0 bridgehead atoms. The molecule has 9 nitrogen and oxygen atoms in total. The molecule has 0 saturated heterocycles. The van der Waals surface area contributed by atoms with Crippen molar-refractivity contribution in [1.29, 1.82) is 0 Å². The number of hydrazone groups is 1. The van der Waals surface area contributed by atoms with E-state index in [9.17, 15) is 4.79 Å². The summed E-state index contributed by atoms with van der Waals surface area (Å²) in [6.45, 7) is 4.06. The molecule has 1 aliphatic rings. The van der Waals surface area contributed by atoms with Crippen LogP contribution in [-0.4, -0.2) is 42.6 Å². The fourth-order valence-corrected chi connectivity index (χ4v) is 4.35. The summed E-state index contributed by atoms with van der Waals surface area (Å²) >= 11 is 1.27. The number of aromatic nitrogens is 4. The highest BCUT2D eigenvalue weighted by molar-refractivity contribution is 7.99. The Morgan fingerprint density at radius 1 is 1.12 bits per heavy atom. The van der Waals surface area contributed by atoms with Crippen LogP contribution in [0.5, 0.6) is 0 Å². The molecule has 1 atom stereocenters. The lowest BCUT2D eigenvalue weighted by Crippen LogP contribution is -2.28. The van der Waals surface area contributed by atoms with Crippen LogP contribution in [0.25, 0.3) is 5.69 Å². The Morgan fingerprint density at radius 3 is 2.75 bits per heavy atom. The summed E-state index contributed by atoms with van der Waals surface area (Å²) in [4.78, 5) is 13.2. The zero-order valence-corrected chi connectivity index (χ0v) is 18.3. The monoisotopic (exact) mass is 448 g/mol. The number of hydrogen-bond donors (Lipinski definition) is 0. The first-order valence-corrected chi connectivity index (χ1v) is 11.0. The van der Waals surface area contributed by atoms with E-state index in [-0.39, 0.29) is 17.7 Å². The van der Waals surface area contributed by atoms with Gasteiger partial charge in [0.2, 0.25) is 5.16 Å². The lowest BCUT2D eigenvalue weighted by atomic mass is 10.1. The lowest BCUT2D eigenvalue weighted by Gasteiger charge is -2.19. The molecule has 0 spiro atoms. The molecule has 0 radical (unpaired) electrons. The van der Waals surface area contributed by atoms with Crippen molar-refractivity contribution in [3.63, 3.8) is 0 Å². The minimum Gasteiger partial charge on any atom is -0.467 e. The molecule has 0 N–H and O–H groups in total. The maximum Gasteiger partial charge on any atom is 0.253 e. The summed E-state index contributed by atoms with van der Waals surface area (Å²) in [7, 11) is 0. The normalized spacial score (nSPS) is 15.9. The van der Waals surface area contributed by atoms with Crippen LogP contribution in [0.3, 0.4) is 0 Å². The summed E-state index contributed by atoms with van der Waals surface area (Å²) in [5.74, 6) is 1.27. The lowest BCUT2D eigenvalue weighted by molar-refractivity contribution is -0.130. The minimum absolute atomic E-state index is 0.122. The fourth-order valence-electron chi connectivity index (χ4n) is 3.61. The maximum atomic E-state index is 13.2. The van der Waals surface area contributed by atoms with Crippen LogP contribution < -0.4 is 0 Å². The van der Waals surface area contributed by atoms with E-state index < -0.39 is 0 Å². The molecule has 0 aliphatic carbocycles. The van der Waals surface area contributed by atoms with Crippen molar-refractivity contribution in [3.8, 4) is 5.69 Å². The molecule has 3 aromatic heterocycles. The van der Waals surface area contributed by atoms with Gasteiger partial charge < -0.3 is 8.83 Å². The second-order valence-electron chi connectivity index (χ2n) is 7.38. The van der Waals surface area contributed by atoms with Crippen LogP contribution in [0.15, 0.2) is 74.1 Å². The van der Waals surface area contributed by atoms with Gasteiger partial charge in [-0.05, 0) is 65.7 Å². The average Bonchev–Trinajstić information content (AvgIpc) is 3.60. The molecular weight excluding hydrogens is 428 g/mol. The Morgan fingerprint density at radius 2 is 1.97 bits per heavy atom. The molecule has 4 heterocycles. The Labute approximate surface area is 188 Å². The van der Waals surface area contributed by atoms with E-state index >= 15 is 0 Å². The van der Waals surface area contributed by atoms with Crippen LogP contribution in [0, 0.1) is 13.8 Å². The van der Waals surface area contributed by atoms with Gasteiger partial charge in [-0.1, -0.05) is 23.9 Å². The van der Waals surface area contributed by atoms with Gasteiger partial charge in [0.25, 0.3) is 5.91 Å². The third-order valence-corrected chi connectivity index (χ3v) is 6.32. The molecule has 162 valence electrons. The van der Waals surface area contributed by atoms with E-state index in [1.54, 1.807) is 29.3 Å². The summed E-state index contributed by atoms with van der Waals surface area (Å²) < 4.78 is 12.7. The zero-order valence-electron chi connectivity index (χ0n) is 17.5. The summed E-state index contributed by atoms with van der Waals surface area (Å²) in [5, 5.41) is 18.6. The van der Waals surface area contributed by atoms with E-state index in [0.717, 1.165) is 16.8 Å². The van der Waals surface area contributed by atoms with E-state index in [4.69, 9.17) is 8.83 Å². The molecule has 0 fully saturated rings. The van der Waals surface area contributed by atoms with E-state index in [1.807, 2.05) is 44.2 Å². The number of hydrogen-bond acceptors (Lipinski definition) is 8. The number of benzene rings is 1. The zero-order chi connectivity index (χ0) is 22.1. The van der Waals surface area contributed by atoms with Gasteiger partial charge in [-0.2, -0.15) is 9.78 Å². The summed E-state index contributed by atoms with van der Waals surface area (Å²) in [6, 6.07) is 12.9. The highest BCUT2D eigenvalue weighted by Crippen LogP contribution is 2.34. The molecule has 1 unspecified atom stereocenters. The van der Waals surface area contributed by atoms with E-state index in [2.05, 4.69) is 20.6 Å². The number of carbonyl (C=O) groups excluding carboxylic acids is 1. The number of furan rings is 2. The molecule has 0 saturated carbocycles. The molecule has 5 rings (SSSR count). The van der Waals surface area contributed by atoms with E-state index in [1.165, 1.54) is 16.8 Å². The second-order valence-corrected chi connectivity index (χ2v) is 8.32. The van der Waals surface area contributed by atoms with Crippen molar-refractivity contribution in [2.45, 2.75) is 31.5 Å². The standard InChI is InChI=1S/C22H20N6O3S/c1-14-6-3-7-17(15(14)2)28-22(23-25-26-28)32-13-21(29)27-18(20-9-5-11-31-20)12-16(24-27)19-8-4-10-30-19/h3-11,18H,12-13H2,1-2H3. The Balaban J connectivity index is 1.37. The predicted octanol–water partition coefficient (Wildman–Crippen LogP) is 3.94. The highest BCUT2D eigenvalue weighted by atomic mass is 32.2. The van der Waals surface area contributed by atoms with Gasteiger partial charge in [-0.25, -0.2) is 5.01 Å². The Kier molecular flexibility index (Phi) is 5.36. The number of aryl methyl sites for hydroxylation is 1. The number of thioether (sulfide) groups is 1. The molecule has 32 heavy (non-hydrogen) atoms. The van der Waals surface area contributed by atoms with Gasteiger partial charge in [0, 0.05) is 6.42 Å². The number of carbonyl (C=O) groups is 1. The molecule has 4 aromatic rings. The largest absolute Gasteiger partial charge is 0.467 e. The number of amides is 1. The van der Waals surface area contributed by atoms with Gasteiger partial charge in [0.15, 0.2) is 0 Å². The highest BCUT2D eigenvalue weighted by Gasteiger charge is 2.35. The van der Waals surface area contributed by atoms with E-state index in [0.29, 0.717) is 28.8 Å². The van der Waals surface area contributed by atoms with Crippen molar-refractivity contribution in [3.05, 3.63) is 77.6 Å². The van der Waals surface area contributed by atoms with Gasteiger partial charge >= 0.3 is 0 Å². The smallest absolute Gasteiger partial charge is 0.253 e. The first kappa shape index (κ1) is 20.3. The van der Waals surface area contributed by atoms with Crippen molar-refractivity contribution in [2.24, 2.45) is 5.10 Å². The maximum absolute atomic E-state index is 13.2. The fraction of sp³-hybridized carbons (Fsp3) is 0.227. The van der Waals surface area contributed by atoms with Gasteiger partial charge in [0.1, 0.15) is 23.3 Å². The van der Waals surface area contributed by atoms with Crippen LogP contribution in [-0.2, 0) is 4.79 Å². The minimum atomic E-state index is -0.326. The number of rotatable bonds is 6. The molecule has 1 aromatic carbocycles. The molecule has 1 amide bonds. The van der Waals surface area contributed by atoms with Gasteiger partial charge in [0.05, 0.1) is 24.0 Å². The average molecular weight is 449 g/mol. The molecule has 10 heteroatoms. The van der Waals surface area contributed by atoms with Gasteiger partial charge in [-0.3, -0.25) is 4.79 Å². The molecule has 1 aliphatic heterocycles. The van der Waals surface area contributed by atoms with Crippen LogP contribution in [0.4, 0.5) is 0 Å². The number of nitrogens with zero attached hydrogens (tertiary/aromatic N) is 6. The first-order chi connectivity index (χ1) is 15.6. The first-order valence-electron chi connectivity index (χ1n) is 10.1. The SMILES string of the molecule is Cc1cccc(-n2nnnc2SCC(=O)N2N=C(c3ccco3)CC2c2ccco2)c1C. The second kappa shape index (κ2) is 8.46. The quantitative estimate of drug-likeness (QED) is 0.412. The van der Waals surface area contributed by atoms with Crippen LogP contribution in [0.2, 0.25) is 0 Å². The van der Waals surface area contributed by atoms with Crippen LogP contribution >= 0.6 is 11.8 Å². The van der Waals surface area contributed by atoms with Crippen molar-refractivity contribution < 1.29 is 13.6 Å². The number of tetrazole rings is 1. The molecular formula is C22H20N6O3S. The third kappa shape index (κ3) is 3.73. The van der Waals surface area contributed by atoms with Crippen molar-refractivity contribution in [1.82, 2.24) is 25.2 Å². The van der Waals surface area contributed by atoms with Crippen molar-refractivity contribution >= 4 is 23.4 Å². The van der Waals surface area contributed by atoms with Crippen molar-refractivity contribution in [2.75, 3.05) is 5.75 Å². The predicted molar refractivity (Wildman–Crippen MR) is 118 cm³/mol.